The van der Waals surface area contributed by atoms with Gasteiger partial charge in [0.05, 0.1) is 19.0 Å². The molecule has 0 saturated heterocycles. The minimum absolute atomic E-state index is 0.519. The van der Waals surface area contributed by atoms with Gasteiger partial charge in [-0.2, -0.15) is 0 Å². The van der Waals surface area contributed by atoms with Crippen LogP contribution in [0, 0.1) is 17.8 Å². The molecule has 0 aromatic carbocycles. The van der Waals surface area contributed by atoms with Gasteiger partial charge in [-0.25, -0.2) is 0 Å². The quantitative estimate of drug-likeness (QED) is 0.643. The van der Waals surface area contributed by atoms with Crippen LogP contribution < -0.4 is 0 Å². The molecule has 2 bridgehead atoms. The summed E-state index contributed by atoms with van der Waals surface area (Å²) in [5.41, 5.74) is 0. The van der Waals surface area contributed by atoms with Crippen molar-refractivity contribution in [3.63, 3.8) is 0 Å². The van der Waals surface area contributed by atoms with E-state index in [1.807, 2.05) is 0 Å². The number of allylic oxidation sites excluding steroid dienone is 1. The van der Waals surface area contributed by atoms with Crippen LogP contribution >= 0.6 is 0 Å². The van der Waals surface area contributed by atoms with Crippen LogP contribution in [-0.4, -0.2) is 19.8 Å². The van der Waals surface area contributed by atoms with Gasteiger partial charge in [-0.05, 0) is 38.0 Å². The van der Waals surface area contributed by atoms with Crippen molar-refractivity contribution in [3.05, 3.63) is 12.3 Å². The predicted octanol–water partition coefficient (Wildman–Crippen LogP) is 2.60. The maximum absolute atomic E-state index is 5.73. The van der Waals surface area contributed by atoms with Crippen molar-refractivity contribution in [1.82, 2.24) is 0 Å². The zero-order valence-corrected chi connectivity index (χ0v) is 9.16. The predicted molar refractivity (Wildman–Crippen MR) is 55.9 cm³/mol. The van der Waals surface area contributed by atoms with Crippen molar-refractivity contribution in [2.24, 2.45) is 17.8 Å². The zero-order valence-electron chi connectivity index (χ0n) is 9.16. The van der Waals surface area contributed by atoms with Crippen LogP contribution in [0.25, 0.3) is 0 Å². The van der Waals surface area contributed by atoms with E-state index in [2.05, 4.69) is 13.5 Å². The molecule has 2 aliphatic rings. The summed E-state index contributed by atoms with van der Waals surface area (Å²) >= 11 is 0. The molecule has 4 atom stereocenters. The lowest BCUT2D eigenvalue weighted by Crippen LogP contribution is -2.25. The maximum atomic E-state index is 5.73. The van der Waals surface area contributed by atoms with Crippen LogP contribution in [0.5, 0.6) is 0 Å². The van der Waals surface area contributed by atoms with Gasteiger partial charge >= 0.3 is 0 Å². The number of hydrogen-bond donors (Lipinski definition) is 0. The first kappa shape index (κ1) is 10.0. The molecule has 0 spiro atoms. The van der Waals surface area contributed by atoms with E-state index in [-0.39, 0.29) is 0 Å². The van der Waals surface area contributed by atoms with Gasteiger partial charge in [0.2, 0.25) is 0 Å². The molecule has 4 unspecified atom stereocenters. The third-order valence-electron chi connectivity index (χ3n) is 3.85. The Kier molecular flexibility index (Phi) is 2.82. The molecule has 2 saturated carbocycles. The molecule has 2 nitrogen and oxygen atoms in total. The molecular weight excluding hydrogens is 176 g/mol. The average Bonchev–Trinajstić information content (AvgIpc) is 2.76. The molecule has 0 aromatic rings. The molecule has 0 aliphatic heterocycles. The molecule has 14 heavy (non-hydrogen) atoms. The summed E-state index contributed by atoms with van der Waals surface area (Å²) in [6, 6.07) is 0. The van der Waals surface area contributed by atoms with E-state index in [0.29, 0.717) is 12.0 Å². The Hall–Kier alpha value is -0.500. The van der Waals surface area contributed by atoms with Crippen molar-refractivity contribution < 1.29 is 9.47 Å². The zero-order chi connectivity index (χ0) is 10.1. The van der Waals surface area contributed by atoms with E-state index in [0.717, 1.165) is 24.2 Å². The van der Waals surface area contributed by atoms with Crippen LogP contribution in [0.4, 0.5) is 0 Å². The summed E-state index contributed by atoms with van der Waals surface area (Å²) in [5.74, 6) is 3.11. The molecule has 2 aliphatic carbocycles. The number of ether oxygens (including phenoxy) is 2. The highest BCUT2D eigenvalue weighted by Gasteiger charge is 2.47. The minimum Gasteiger partial charge on any atom is -0.501 e. The Morgan fingerprint density at radius 2 is 2.07 bits per heavy atom. The Labute approximate surface area is 86.3 Å². The number of hydrogen-bond acceptors (Lipinski definition) is 2. The molecule has 2 heteroatoms. The topological polar surface area (TPSA) is 18.5 Å². The monoisotopic (exact) mass is 196 g/mol. The molecule has 0 N–H and O–H groups in total. The van der Waals surface area contributed by atoms with Crippen LogP contribution in [0.1, 0.15) is 26.2 Å². The summed E-state index contributed by atoms with van der Waals surface area (Å²) in [4.78, 5) is 0. The van der Waals surface area contributed by atoms with Gasteiger partial charge in [-0.3, -0.25) is 0 Å². The first-order chi connectivity index (χ1) is 6.76. The summed E-state index contributed by atoms with van der Waals surface area (Å²) in [6.45, 7) is 6.91. The second kappa shape index (κ2) is 3.93. The molecule has 80 valence electrons. The fraction of sp³-hybridized carbons (Fsp3) is 0.833. The SMILES string of the molecule is C=C(OC)C1CC2CC1CC2OCC. The lowest BCUT2D eigenvalue weighted by atomic mass is 9.86. The molecule has 0 heterocycles. The van der Waals surface area contributed by atoms with Gasteiger partial charge in [-0.15, -0.1) is 0 Å². The fourth-order valence-corrected chi connectivity index (χ4v) is 3.19. The smallest absolute Gasteiger partial charge is 0.0917 e. The summed E-state index contributed by atoms with van der Waals surface area (Å²) in [7, 11) is 1.73. The number of methoxy groups -OCH3 is 1. The Morgan fingerprint density at radius 1 is 1.29 bits per heavy atom. The average molecular weight is 196 g/mol. The lowest BCUT2D eigenvalue weighted by Gasteiger charge is -2.28. The normalized spacial score (nSPS) is 40.1. The minimum atomic E-state index is 0.519. The van der Waals surface area contributed by atoms with Crippen LogP contribution in [0.15, 0.2) is 12.3 Å². The highest BCUT2D eigenvalue weighted by Crippen LogP contribution is 2.51. The van der Waals surface area contributed by atoms with E-state index < -0.39 is 0 Å². The second-order valence-electron chi connectivity index (χ2n) is 4.50. The van der Waals surface area contributed by atoms with Crippen molar-refractivity contribution >= 4 is 0 Å². The summed E-state index contributed by atoms with van der Waals surface area (Å²) in [6.07, 6.45) is 4.27. The molecule has 0 amide bonds. The highest BCUT2D eigenvalue weighted by atomic mass is 16.5. The number of fused-ring (bicyclic) bond motifs is 2. The third-order valence-corrected chi connectivity index (χ3v) is 3.85. The van der Waals surface area contributed by atoms with Crippen molar-refractivity contribution in [2.75, 3.05) is 13.7 Å². The second-order valence-corrected chi connectivity index (χ2v) is 4.50. The Balaban J connectivity index is 1.93. The van der Waals surface area contributed by atoms with Gasteiger partial charge in [0.1, 0.15) is 0 Å². The summed E-state index contributed by atoms with van der Waals surface area (Å²) in [5, 5.41) is 0. The van der Waals surface area contributed by atoms with Gasteiger partial charge in [0.25, 0.3) is 0 Å². The van der Waals surface area contributed by atoms with E-state index in [9.17, 15) is 0 Å². The third kappa shape index (κ3) is 1.56. The van der Waals surface area contributed by atoms with E-state index in [1.54, 1.807) is 7.11 Å². The van der Waals surface area contributed by atoms with Crippen LogP contribution in [0.3, 0.4) is 0 Å². The van der Waals surface area contributed by atoms with Gasteiger partial charge in [0, 0.05) is 12.5 Å². The molecule has 0 aromatic heterocycles. The molecule has 2 fully saturated rings. The van der Waals surface area contributed by atoms with E-state index in [1.165, 1.54) is 19.3 Å². The molecule has 2 rings (SSSR count). The largest absolute Gasteiger partial charge is 0.501 e. The standard InChI is InChI=1S/C12H20O2/c1-4-14-12-7-9-5-10(12)6-11(9)8(2)13-3/h9-12H,2,4-7H2,1,3H3. The first-order valence-corrected chi connectivity index (χ1v) is 5.60. The van der Waals surface area contributed by atoms with Gasteiger partial charge < -0.3 is 9.47 Å². The van der Waals surface area contributed by atoms with Crippen LogP contribution in [0.2, 0.25) is 0 Å². The lowest BCUT2D eigenvalue weighted by molar-refractivity contribution is 0.0137. The van der Waals surface area contributed by atoms with Gasteiger partial charge in [0.15, 0.2) is 0 Å². The Morgan fingerprint density at radius 3 is 2.57 bits per heavy atom. The van der Waals surface area contributed by atoms with Crippen LogP contribution in [-0.2, 0) is 9.47 Å². The van der Waals surface area contributed by atoms with Crippen molar-refractivity contribution in [3.8, 4) is 0 Å². The number of rotatable bonds is 4. The van der Waals surface area contributed by atoms with Crippen molar-refractivity contribution in [2.45, 2.75) is 32.3 Å². The van der Waals surface area contributed by atoms with E-state index in [4.69, 9.17) is 9.47 Å². The maximum Gasteiger partial charge on any atom is 0.0917 e. The summed E-state index contributed by atoms with van der Waals surface area (Å²) < 4.78 is 11.0. The van der Waals surface area contributed by atoms with Gasteiger partial charge in [-0.1, -0.05) is 6.58 Å². The highest BCUT2D eigenvalue weighted by molar-refractivity contribution is 5.06. The van der Waals surface area contributed by atoms with Crippen molar-refractivity contribution in [1.29, 1.82) is 0 Å². The fourth-order valence-electron chi connectivity index (χ4n) is 3.19. The Bertz CT molecular complexity index is 224. The molecule has 0 radical (unpaired) electrons. The van der Waals surface area contributed by atoms with E-state index >= 15 is 0 Å². The first-order valence-electron chi connectivity index (χ1n) is 5.60. The molecular formula is C12H20O2.